The Labute approximate surface area is 109 Å². The molecule has 18 heavy (non-hydrogen) atoms. The summed E-state index contributed by atoms with van der Waals surface area (Å²) in [7, 11) is 0. The molecule has 3 nitrogen and oxygen atoms in total. The first-order valence-corrected chi connectivity index (χ1v) is 6.51. The second-order valence-corrected chi connectivity index (χ2v) is 4.44. The Morgan fingerprint density at radius 3 is 2.61 bits per heavy atom. The fourth-order valence-electron chi connectivity index (χ4n) is 2.01. The summed E-state index contributed by atoms with van der Waals surface area (Å²) in [5.41, 5.74) is 1.27. The lowest BCUT2D eigenvalue weighted by atomic mass is 10.1. The first-order valence-electron chi connectivity index (χ1n) is 6.51. The number of ether oxygens (including phenoxy) is 2. The van der Waals surface area contributed by atoms with Gasteiger partial charge < -0.3 is 9.47 Å². The van der Waals surface area contributed by atoms with Crippen LogP contribution in [0.5, 0.6) is 5.75 Å². The molecule has 0 bridgehead atoms. The Kier molecular flexibility index (Phi) is 5.24. The molecule has 0 N–H and O–H groups in total. The number of allylic oxidation sites excluding steroid dienone is 1. The number of hydrogen-bond donors (Lipinski definition) is 0. The van der Waals surface area contributed by atoms with Crippen LogP contribution in [-0.2, 0) is 11.2 Å². The van der Waals surface area contributed by atoms with E-state index in [2.05, 4.69) is 23.6 Å². The number of hydrogen-bond acceptors (Lipinski definition) is 3. The normalized spacial score (nSPS) is 16.4. The minimum Gasteiger partial charge on any atom is -0.492 e. The molecule has 0 spiro atoms. The maximum Gasteiger partial charge on any atom is 0.119 e. The molecule has 3 heteroatoms. The van der Waals surface area contributed by atoms with Gasteiger partial charge in [0, 0.05) is 19.6 Å². The van der Waals surface area contributed by atoms with E-state index in [1.807, 2.05) is 18.2 Å². The van der Waals surface area contributed by atoms with Crippen molar-refractivity contribution in [3.8, 4) is 5.75 Å². The molecule has 0 amide bonds. The van der Waals surface area contributed by atoms with Crippen molar-refractivity contribution in [3.05, 3.63) is 42.5 Å². The maximum absolute atomic E-state index is 5.73. The van der Waals surface area contributed by atoms with Gasteiger partial charge in [0.15, 0.2) is 0 Å². The standard InChI is InChI=1S/C15H21NO2/c1-2-3-14-4-6-15(7-5-14)18-13-10-16-8-11-17-12-9-16/h2,4-7H,1,3,8-13H2. The Balaban J connectivity index is 1.70. The smallest absolute Gasteiger partial charge is 0.119 e. The van der Waals surface area contributed by atoms with Crippen molar-refractivity contribution in [1.29, 1.82) is 0 Å². The van der Waals surface area contributed by atoms with E-state index in [9.17, 15) is 0 Å². The molecule has 0 saturated carbocycles. The zero-order valence-electron chi connectivity index (χ0n) is 10.8. The summed E-state index contributed by atoms with van der Waals surface area (Å²) in [5.74, 6) is 0.941. The number of morpholine rings is 1. The summed E-state index contributed by atoms with van der Waals surface area (Å²) >= 11 is 0. The van der Waals surface area contributed by atoms with Gasteiger partial charge in [0.05, 0.1) is 13.2 Å². The molecule has 0 radical (unpaired) electrons. The average molecular weight is 247 g/mol. The van der Waals surface area contributed by atoms with E-state index in [1.54, 1.807) is 0 Å². The summed E-state index contributed by atoms with van der Waals surface area (Å²) in [6.07, 6.45) is 2.82. The average Bonchev–Trinajstić information content (AvgIpc) is 2.42. The molecule has 1 fully saturated rings. The van der Waals surface area contributed by atoms with Crippen LogP contribution in [0.15, 0.2) is 36.9 Å². The van der Waals surface area contributed by atoms with E-state index in [0.29, 0.717) is 0 Å². The lowest BCUT2D eigenvalue weighted by Gasteiger charge is -2.26. The predicted octanol–water partition coefficient (Wildman–Crippen LogP) is 2.13. The van der Waals surface area contributed by atoms with Gasteiger partial charge in [0.1, 0.15) is 12.4 Å². The molecule has 0 aromatic heterocycles. The second-order valence-electron chi connectivity index (χ2n) is 4.44. The van der Waals surface area contributed by atoms with Gasteiger partial charge in [-0.25, -0.2) is 0 Å². The Morgan fingerprint density at radius 2 is 1.94 bits per heavy atom. The van der Waals surface area contributed by atoms with E-state index in [4.69, 9.17) is 9.47 Å². The molecule has 1 aromatic rings. The summed E-state index contributed by atoms with van der Waals surface area (Å²) in [4.78, 5) is 2.37. The third kappa shape index (κ3) is 4.17. The van der Waals surface area contributed by atoms with E-state index < -0.39 is 0 Å². The fourth-order valence-corrected chi connectivity index (χ4v) is 2.01. The van der Waals surface area contributed by atoms with Crippen molar-refractivity contribution < 1.29 is 9.47 Å². The third-order valence-corrected chi connectivity index (χ3v) is 3.08. The molecule has 0 unspecified atom stereocenters. The summed E-state index contributed by atoms with van der Waals surface area (Å²) < 4.78 is 11.0. The van der Waals surface area contributed by atoms with E-state index >= 15 is 0 Å². The van der Waals surface area contributed by atoms with E-state index in [0.717, 1.165) is 51.6 Å². The highest BCUT2D eigenvalue weighted by atomic mass is 16.5. The zero-order chi connectivity index (χ0) is 12.6. The predicted molar refractivity (Wildman–Crippen MR) is 73.1 cm³/mol. The molecule has 1 aliphatic heterocycles. The first-order chi connectivity index (χ1) is 8.88. The molecular formula is C15H21NO2. The lowest BCUT2D eigenvalue weighted by Crippen LogP contribution is -2.38. The zero-order valence-corrected chi connectivity index (χ0v) is 10.8. The molecule has 0 aliphatic carbocycles. The van der Waals surface area contributed by atoms with E-state index in [-0.39, 0.29) is 0 Å². The minimum atomic E-state index is 0.737. The van der Waals surface area contributed by atoms with Crippen molar-refractivity contribution >= 4 is 0 Å². The molecule has 1 aliphatic rings. The minimum absolute atomic E-state index is 0.737. The van der Waals surface area contributed by atoms with Crippen LogP contribution in [0, 0.1) is 0 Å². The third-order valence-electron chi connectivity index (χ3n) is 3.08. The maximum atomic E-state index is 5.73. The molecular weight excluding hydrogens is 226 g/mol. The van der Waals surface area contributed by atoms with Crippen molar-refractivity contribution in [2.45, 2.75) is 6.42 Å². The Hall–Kier alpha value is -1.32. The Morgan fingerprint density at radius 1 is 1.22 bits per heavy atom. The van der Waals surface area contributed by atoms with Gasteiger partial charge in [-0.3, -0.25) is 4.90 Å². The number of nitrogens with zero attached hydrogens (tertiary/aromatic N) is 1. The van der Waals surface area contributed by atoms with Crippen molar-refractivity contribution in [2.24, 2.45) is 0 Å². The fraction of sp³-hybridized carbons (Fsp3) is 0.467. The van der Waals surface area contributed by atoms with Gasteiger partial charge >= 0.3 is 0 Å². The quantitative estimate of drug-likeness (QED) is 0.719. The van der Waals surface area contributed by atoms with Crippen LogP contribution >= 0.6 is 0 Å². The van der Waals surface area contributed by atoms with Gasteiger partial charge in [-0.15, -0.1) is 6.58 Å². The monoisotopic (exact) mass is 247 g/mol. The van der Waals surface area contributed by atoms with E-state index in [1.165, 1.54) is 5.56 Å². The highest BCUT2D eigenvalue weighted by Gasteiger charge is 2.09. The SMILES string of the molecule is C=CCc1ccc(OCCN2CCOCC2)cc1. The Bertz CT molecular complexity index is 355. The van der Waals surface area contributed by atoms with Crippen molar-refractivity contribution in [2.75, 3.05) is 39.5 Å². The van der Waals surface area contributed by atoms with Crippen LogP contribution in [0.1, 0.15) is 5.56 Å². The summed E-state index contributed by atoms with van der Waals surface area (Å²) in [6, 6.07) is 8.23. The van der Waals surface area contributed by atoms with Gasteiger partial charge in [-0.1, -0.05) is 18.2 Å². The van der Waals surface area contributed by atoms with Gasteiger partial charge in [-0.05, 0) is 24.1 Å². The van der Waals surface area contributed by atoms with Gasteiger partial charge in [-0.2, -0.15) is 0 Å². The second kappa shape index (κ2) is 7.19. The highest BCUT2D eigenvalue weighted by molar-refractivity contribution is 5.28. The van der Waals surface area contributed by atoms with Crippen LogP contribution in [0.4, 0.5) is 0 Å². The van der Waals surface area contributed by atoms with Crippen LogP contribution < -0.4 is 4.74 Å². The van der Waals surface area contributed by atoms with Crippen molar-refractivity contribution in [1.82, 2.24) is 4.90 Å². The van der Waals surface area contributed by atoms with Crippen LogP contribution in [0.3, 0.4) is 0 Å². The van der Waals surface area contributed by atoms with Gasteiger partial charge in [0.25, 0.3) is 0 Å². The van der Waals surface area contributed by atoms with Crippen LogP contribution in [0.2, 0.25) is 0 Å². The summed E-state index contributed by atoms with van der Waals surface area (Å²) in [6.45, 7) is 9.16. The molecule has 98 valence electrons. The number of benzene rings is 1. The topological polar surface area (TPSA) is 21.7 Å². The molecule has 1 heterocycles. The first kappa shape index (κ1) is 13.1. The van der Waals surface area contributed by atoms with Crippen LogP contribution in [0.25, 0.3) is 0 Å². The number of rotatable bonds is 6. The molecule has 2 rings (SSSR count). The molecule has 1 saturated heterocycles. The molecule has 1 aromatic carbocycles. The van der Waals surface area contributed by atoms with Crippen molar-refractivity contribution in [3.63, 3.8) is 0 Å². The summed E-state index contributed by atoms with van der Waals surface area (Å²) in [5, 5.41) is 0. The lowest BCUT2D eigenvalue weighted by molar-refractivity contribution is 0.0322. The highest BCUT2D eigenvalue weighted by Crippen LogP contribution is 2.12. The van der Waals surface area contributed by atoms with Crippen LogP contribution in [-0.4, -0.2) is 44.4 Å². The largest absolute Gasteiger partial charge is 0.492 e. The van der Waals surface area contributed by atoms with Gasteiger partial charge in [0.2, 0.25) is 0 Å². The molecule has 0 atom stereocenters.